The highest BCUT2D eigenvalue weighted by molar-refractivity contribution is 9.10. The summed E-state index contributed by atoms with van der Waals surface area (Å²) in [5.74, 6) is 1.68. The summed E-state index contributed by atoms with van der Waals surface area (Å²) in [7, 11) is 0. The summed E-state index contributed by atoms with van der Waals surface area (Å²) < 4.78 is 1.19. The summed E-state index contributed by atoms with van der Waals surface area (Å²) >= 11 is 5.43. The molecule has 0 bridgehead atoms. The van der Waals surface area contributed by atoms with E-state index in [0.29, 0.717) is 6.04 Å². The molecule has 2 N–H and O–H groups in total. The van der Waals surface area contributed by atoms with Crippen molar-refractivity contribution < 1.29 is 0 Å². The zero-order valence-electron chi connectivity index (χ0n) is 13.5. The van der Waals surface area contributed by atoms with E-state index in [1.54, 1.807) is 0 Å². The highest BCUT2D eigenvalue weighted by Crippen LogP contribution is 2.35. The van der Waals surface area contributed by atoms with E-state index in [9.17, 15) is 0 Å². The number of nitrogens with two attached hydrogens (primary N) is 1. The Morgan fingerprint density at radius 2 is 2.14 bits per heavy atom. The molecule has 1 fully saturated rings. The Balaban J connectivity index is 2.13. The summed E-state index contributed by atoms with van der Waals surface area (Å²) in [5, 5.41) is 2.18. The molecule has 1 aromatic rings. The smallest absolute Gasteiger partial charge is 0.0593 e. The number of rotatable bonds is 5. The van der Waals surface area contributed by atoms with Gasteiger partial charge in [0.2, 0.25) is 0 Å². The van der Waals surface area contributed by atoms with Crippen LogP contribution in [0.3, 0.4) is 0 Å². The van der Waals surface area contributed by atoms with Gasteiger partial charge in [-0.05, 0) is 72.6 Å². The molecule has 0 amide bonds. The van der Waals surface area contributed by atoms with Crippen LogP contribution in [0.1, 0.15) is 57.4 Å². The summed E-state index contributed by atoms with van der Waals surface area (Å²) in [4.78, 5) is 4.06. The standard InChI is InChI=1S/C17H29BrN2S/c1-4-15(19)17(16-10-14(18)11-21-16)20-8-5-6-13(7-9-20)12(2)3/h10-13,15,17H,4-9,19H2,1-3H3. The molecule has 1 aliphatic rings. The van der Waals surface area contributed by atoms with Crippen molar-refractivity contribution in [3.05, 3.63) is 20.8 Å². The molecule has 1 saturated heterocycles. The molecule has 0 radical (unpaired) electrons. The van der Waals surface area contributed by atoms with Crippen LogP contribution in [0, 0.1) is 11.8 Å². The monoisotopic (exact) mass is 372 g/mol. The summed E-state index contributed by atoms with van der Waals surface area (Å²) in [6, 6.07) is 2.87. The molecule has 0 saturated carbocycles. The van der Waals surface area contributed by atoms with Gasteiger partial charge in [0.15, 0.2) is 0 Å². The molecule has 3 unspecified atom stereocenters. The summed E-state index contributed by atoms with van der Waals surface area (Å²) in [6.07, 6.45) is 5.03. The van der Waals surface area contributed by atoms with E-state index in [1.807, 2.05) is 11.3 Å². The van der Waals surface area contributed by atoms with Crippen LogP contribution in [0.25, 0.3) is 0 Å². The van der Waals surface area contributed by atoms with E-state index in [4.69, 9.17) is 5.73 Å². The average Bonchev–Trinajstić information content (AvgIpc) is 2.73. The van der Waals surface area contributed by atoms with Gasteiger partial charge in [-0.15, -0.1) is 11.3 Å². The molecule has 120 valence electrons. The lowest BCUT2D eigenvalue weighted by Gasteiger charge is -2.34. The van der Waals surface area contributed by atoms with Gasteiger partial charge < -0.3 is 5.73 Å². The van der Waals surface area contributed by atoms with Crippen molar-refractivity contribution in [2.75, 3.05) is 13.1 Å². The van der Waals surface area contributed by atoms with E-state index in [1.165, 1.54) is 41.7 Å². The molecule has 1 aromatic heterocycles. The van der Waals surface area contributed by atoms with Crippen LogP contribution < -0.4 is 5.73 Å². The summed E-state index contributed by atoms with van der Waals surface area (Å²) in [5.41, 5.74) is 6.48. The third kappa shape index (κ3) is 4.54. The second-order valence-corrected chi connectivity index (χ2v) is 8.51. The van der Waals surface area contributed by atoms with Gasteiger partial charge >= 0.3 is 0 Å². The maximum Gasteiger partial charge on any atom is 0.0593 e. The van der Waals surface area contributed by atoms with Gasteiger partial charge in [0.1, 0.15) is 0 Å². The minimum absolute atomic E-state index is 0.228. The average molecular weight is 373 g/mol. The lowest BCUT2D eigenvalue weighted by Crippen LogP contribution is -2.41. The topological polar surface area (TPSA) is 29.3 Å². The number of thiophene rings is 1. The minimum Gasteiger partial charge on any atom is -0.326 e. The first-order chi connectivity index (χ1) is 10.0. The van der Waals surface area contributed by atoms with Crippen molar-refractivity contribution in [2.45, 2.75) is 58.5 Å². The van der Waals surface area contributed by atoms with Crippen LogP contribution in [0.5, 0.6) is 0 Å². The Bertz CT molecular complexity index is 432. The lowest BCUT2D eigenvalue weighted by atomic mass is 9.89. The van der Waals surface area contributed by atoms with Crippen LogP contribution in [0.15, 0.2) is 15.9 Å². The predicted molar refractivity (Wildman–Crippen MR) is 96.8 cm³/mol. The number of likely N-dealkylation sites (tertiary alicyclic amines) is 1. The molecule has 0 aliphatic carbocycles. The fourth-order valence-electron chi connectivity index (χ4n) is 3.46. The largest absolute Gasteiger partial charge is 0.326 e. The van der Waals surface area contributed by atoms with Gasteiger partial charge in [-0.3, -0.25) is 4.90 Å². The van der Waals surface area contributed by atoms with E-state index in [-0.39, 0.29) is 6.04 Å². The third-order valence-corrected chi connectivity index (χ3v) is 6.66. The third-order valence-electron chi connectivity index (χ3n) is 4.90. The SMILES string of the molecule is CCC(N)C(c1cc(Br)cs1)N1CCCC(C(C)C)CC1. The van der Waals surface area contributed by atoms with Gasteiger partial charge in [0.25, 0.3) is 0 Å². The quantitative estimate of drug-likeness (QED) is 0.783. The van der Waals surface area contributed by atoms with E-state index >= 15 is 0 Å². The van der Waals surface area contributed by atoms with E-state index in [2.05, 4.69) is 53.0 Å². The Morgan fingerprint density at radius 1 is 1.38 bits per heavy atom. The molecule has 3 atom stereocenters. The molecule has 2 heterocycles. The molecule has 2 nitrogen and oxygen atoms in total. The molecule has 2 rings (SSSR count). The second-order valence-electron chi connectivity index (χ2n) is 6.66. The maximum atomic E-state index is 6.48. The maximum absolute atomic E-state index is 6.48. The highest BCUT2D eigenvalue weighted by atomic mass is 79.9. The first-order valence-electron chi connectivity index (χ1n) is 8.26. The number of halogens is 1. The zero-order valence-corrected chi connectivity index (χ0v) is 15.9. The Labute approximate surface area is 142 Å². The van der Waals surface area contributed by atoms with Gasteiger partial charge in [-0.2, -0.15) is 0 Å². The van der Waals surface area contributed by atoms with Gasteiger partial charge in [-0.1, -0.05) is 20.8 Å². The molecule has 21 heavy (non-hydrogen) atoms. The molecule has 0 spiro atoms. The van der Waals surface area contributed by atoms with Crippen LogP contribution >= 0.6 is 27.3 Å². The van der Waals surface area contributed by atoms with Crippen LogP contribution in [0.4, 0.5) is 0 Å². The lowest BCUT2D eigenvalue weighted by molar-refractivity contribution is 0.174. The molecule has 4 heteroatoms. The van der Waals surface area contributed by atoms with Crippen molar-refractivity contribution in [2.24, 2.45) is 17.6 Å². The van der Waals surface area contributed by atoms with Gasteiger partial charge in [-0.25, -0.2) is 0 Å². The van der Waals surface area contributed by atoms with E-state index < -0.39 is 0 Å². The van der Waals surface area contributed by atoms with Crippen molar-refractivity contribution in [1.29, 1.82) is 0 Å². The van der Waals surface area contributed by atoms with Gasteiger partial charge in [0.05, 0.1) is 6.04 Å². The van der Waals surface area contributed by atoms with Crippen molar-refractivity contribution in [1.82, 2.24) is 4.90 Å². The van der Waals surface area contributed by atoms with Crippen molar-refractivity contribution in [3.8, 4) is 0 Å². The summed E-state index contributed by atoms with van der Waals surface area (Å²) in [6.45, 7) is 9.32. The zero-order chi connectivity index (χ0) is 15.4. The normalized spacial score (nSPS) is 24.0. The second kappa shape index (κ2) is 8.09. The van der Waals surface area contributed by atoms with Crippen LogP contribution in [0.2, 0.25) is 0 Å². The number of hydrogen-bond acceptors (Lipinski definition) is 3. The van der Waals surface area contributed by atoms with Crippen molar-refractivity contribution in [3.63, 3.8) is 0 Å². The first kappa shape index (κ1) is 17.5. The fraction of sp³-hybridized carbons (Fsp3) is 0.765. The van der Waals surface area contributed by atoms with Crippen molar-refractivity contribution >= 4 is 27.3 Å². The first-order valence-corrected chi connectivity index (χ1v) is 9.93. The Morgan fingerprint density at radius 3 is 2.71 bits per heavy atom. The molecule has 0 aromatic carbocycles. The van der Waals surface area contributed by atoms with Gasteiger partial charge in [0, 0.05) is 20.8 Å². The molecule has 1 aliphatic heterocycles. The Kier molecular flexibility index (Phi) is 6.73. The Hall–Kier alpha value is 0.1000. The molecular formula is C17H29BrN2S. The van der Waals surface area contributed by atoms with Crippen LogP contribution in [-0.4, -0.2) is 24.0 Å². The van der Waals surface area contributed by atoms with Crippen LogP contribution in [-0.2, 0) is 0 Å². The minimum atomic E-state index is 0.228. The number of nitrogens with zero attached hydrogens (tertiary/aromatic N) is 1. The highest BCUT2D eigenvalue weighted by Gasteiger charge is 2.29. The van der Waals surface area contributed by atoms with E-state index in [0.717, 1.165) is 18.3 Å². The number of hydrogen-bond donors (Lipinski definition) is 1. The molecular weight excluding hydrogens is 344 g/mol. The predicted octanol–water partition coefficient (Wildman–Crippen LogP) is 5.05. The fourth-order valence-corrected chi connectivity index (χ4v) is 5.11.